The summed E-state index contributed by atoms with van der Waals surface area (Å²) in [7, 11) is 3.09. The molecule has 0 aliphatic carbocycles. The van der Waals surface area contributed by atoms with E-state index in [1.807, 2.05) is 0 Å². The molecule has 0 aromatic carbocycles. The highest BCUT2D eigenvalue weighted by atomic mass is 32.2. The molecule has 2 atom stereocenters. The van der Waals surface area contributed by atoms with Gasteiger partial charge in [0.1, 0.15) is 0 Å². The van der Waals surface area contributed by atoms with Gasteiger partial charge in [0.25, 0.3) is 0 Å². The van der Waals surface area contributed by atoms with E-state index < -0.39 is 0 Å². The van der Waals surface area contributed by atoms with Crippen molar-refractivity contribution in [2.24, 2.45) is 5.92 Å². The van der Waals surface area contributed by atoms with Gasteiger partial charge in [-0.25, -0.2) is 0 Å². The van der Waals surface area contributed by atoms with E-state index in [0.29, 0.717) is 6.54 Å². The zero-order valence-corrected chi connectivity index (χ0v) is 11.4. The molecule has 6 heteroatoms. The Hall–Kier alpha value is -0.750. The first-order valence-corrected chi connectivity index (χ1v) is 6.85. The molecule has 1 aliphatic rings. The molecule has 17 heavy (non-hydrogen) atoms. The average Bonchev–Trinajstić information content (AvgIpc) is 2.37. The Balaban J connectivity index is 2.43. The monoisotopic (exact) mass is 260 g/mol. The Morgan fingerprint density at radius 3 is 2.82 bits per heavy atom. The van der Waals surface area contributed by atoms with Crippen LogP contribution in [-0.4, -0.2) is 61.6 Å². The summed E-state index contributed by atoms with van der Waals surface area (Å²) < 4.78 is 4.64. The lowest BCUT2D eigenvalue weighted by Crippen LogP contribution is -2.50. The van der Waals surface area contributed by atoms with Gasteiger partial charge in [-0.2, -0.15) is 11.8 Å². The number of amides is 1. The molecule has 1 rings (SSSR count). The van der Waals surface area contributed by atoms with Gasteiger partial charge in [-0.15, -0.1) is 0 Å². The molecule has 0 radical (unpaired) electrons. The maximum absolute atomic E-state index is 12.0. The van der Waals surface area contributed by atoms with Crippen LogP contribution in [0.3, 0.4) is 0 Å². The van der Waals surface area contributed by atoms with Crippen LogP contribution in [0.4, 0.5) is 0 Å². The summed E-state index contributed by atoms with van der Waals surface area (Å²) in [4.78, 5) is 24.9. The summed E-state index contributed by atoms with van der Waals surface area (Å²) >= 11 is 1.78. The van der Waals surface area contributed by atoms with E-state index in [1.165, 1.54) is 7.11 Å². The predicted octanol–water partition coefficient (Wildman–Crippen LogP) is -0.0411. The van der Waals surface area contributed by atoms with Gasteiger partial charge in [-0.3, -0.25) is 9.59 Å². The summed E-state index contributed by atoms with van der Waals surface area (Å²) in [5.41, 5.74) is 0. The number of thioether (sulfide) groups is 1. The first-order valence-electron chi connectivity index (χ1n) is 5.70. The quantitative estimate of drug-likeness (QED) is 0.719. The molecule has 1 N–H and O–H groups in total. The van der Waals surface area contributed by atoms with Crippen molar-refractivity contribution in [2.75, 3.05) is 38.8 Å². The van der Waals surface area contributed by atoms with Crippen LogP contribution in [0.25, 0.3) is 0 Å². The van der Waals surface area contributed by atoms with Crippen molar-refractivity contribution in [3.8, 4) is 0 Å². The number of nitrogens with one attached hydrogen (secondary N) is 1. The number of carbonyl (C=O) groups is 2. The molecule has 1 heterocycles. The molecule has 0 aromatic rings. The fourth-order valence-corrected chi connectivity index (χ4v) is 2.69. The summed E-state index contributed by atoms with van der Waals surface area (Å²) in [5.74, 6) is 1.33. The minimum atomic E-state index is -0.287. The third-order valence-corrected chi connectivity index (χ3v) is 3.81. The minimum absolute atomic E-state index is 0.0490. The smallest absolute Gasteiger partial charge is 0.310 e. The predicted molar refractivity (Wildman–Crippen MR) is 67.9 cm³/mol. The highest BCUT2D eigenvalue weighted by Gasteiger charge is 2.26. The van der Waals surface area contributed by atoms with E-state index in [9.17, 15) is 9.59 Å². The largest absolute Gasteiger partial charge is 0.469 e. The molecule has 0 bridgehead atoms. The number of rotatable bonds is 4. The van der Waals surface area contributed by atoms with Gasteiger partial charge >= 0.3 is 5.97 Å². The van der Waals surface area contributed by atoms with E-state index in [0.717, 1.165) is 18.1 Å². The van der Waals surface area contributed by atoms with Crippen molar-refractivity contribution in [2.45, 2.75) is 13.0 Å². The van der Waals surface area contributed by atoms with Gasteiger partial charge in [0.05, 0.1) is 19.1 Å². The summed E-state index contributed by atoms with van der Waals surface area (Å²) in [6.07, 6.45) is 0. The van der Waals surface area contributed by atoms with Gasteiger partial charge in [0.15, 0.2) is 0 Å². The van der Waals surface area contributed by atoms with Crippen LogP contribution in [0, 0.1) is 5.92 Å². The molecular formula is C11H20N2O3S. The Morgan fingerprint density at radius 2 is 2.29 bits per heavy atom. The molecule has 1 aliphatic heterocycles. The van der Waals surface area contributed by atoms with E-state index >= 15 is 0 Å². The molecule has 5 nitrogen and oxygen atoms in total. The van der Waals surface area contributed by atoms with Gasteiger partial charge in [-0.05, 0) is 0 Å². The lowest BCUT2D eigenvalue weighted by Gasteiger charge is -2.28. The van der Waals surface area contributed by atoms with Crippen molar-refractivity contribution in [3.63, 3.8) is 0 Å². The van der Waals surface area contributed by atoms with E-state index in [2.05, 4.69) is 10.1 Å². The highest BCUT2D eigenvalue weighted by Crippen LogP contribution is 2.10. The Kier molecular flexibility index (Phi) is 5.77. The zero-order chi connectivity index (χ0) is 12.8. The molecule has 0 spiro atoms. The van der Waals surface area contributed by atoms with Crippen molar-refractivity contribution in [1.82, 2.24) is 10.2 Å². The summed E-state index contributed by atoms with van der Waals surface area (Å²) in [6.45, 7) is 3.02. The molecule has 1 saturated heterocycles. The molecule has 1 fully saturated rings. The lowest BCUT2D eigenvalue weighted by atomic mass is 10.1. The molecular weight excluding hydrogens is 240 g/mol. The third-order valence-electron chi connectivity index (χ3n) is 2.75. The first kappa shape index (κ1) is 14.3. The van der Waals surface area contributed by atoms with Crippen LogP contribution in [0.1, 0.15) is 6.92 Å². The van der Waals surface area contributed by atoms with Crippen LogP contribution < -0.4 is 5.32 Å². The Bertz CT molecular complexity index is 280. The number of methoxy groups -OCH3 is 1. The second-order valence-corrected chi connectivity index (χ2v) is 5.37. The van der Waals surface area contributed by atoms with Crippen molar-refractivity contribution < 1.29 is 14.3 Å². The Labute approximate surface area is 106 Å². The number of ether oxygens (including phenoxy) is 1. The third kappa shape index (κ3) is 4.20. The standard InChI is InChI=1S/C11H20N2O3S/c1-8(11(15)16-3)6-13(2)10(14)9-7-17-5-4-12-9/h8-9,12H,4-7H2,1-3H3. The van der Waals surface area contributed by atoms with Crippen molar-refractivity contribution in [3.05, 3.63) is 0 Å². The maximum Gasteiger partial charge on any atom is 0.310 e. The van der Waals surface area contributed by atoms with Crippen LogP contribution in [0.5, 0.6) is 0 Å². The molecule has 1 amide bonds. The molecule has 0 aromatic heterocycles. The van der Waals surface area contributed by atoms with Gasteiger partial charge in [0, 0.05) is 31.6 Å². The van der Waals surface area contributed by atoms with Gasteiger partial charge < -0.3 is 15.0 Å². The number of carbonyl (C=O) groups excluding carboxylic acids is 2. The second-order valence-electron chi connectivity index (χ2n) is 4.22. The topological polar surface area (TPSA) is 58.6 Å². The molecule has 0 saturated carbocycles. The van der Waals surface area contributed by atoms with Crippen LogP contribution in [-0.2, 0) is 14.3 Å². The molecule has 2 unspecified atom stereocenters. The summed E-state index contributed by atoms with van der Waals surface area (Å²) in [5, 5.41) is 3.19. The van der Waals surface area contributed by atoms with Crippen LogP contribution in [0.15, 0.2) is 0 Å². The summed E-state index contributed by atoms with van der Waals surface area (Å²) in [6, 6.07) is -0.122. The first-order chi connectivity index (χ1) is 8.06. The van der Waals surface area contributed by atoms with E-state index in [4.69, 9.17) is 0 Å². The van der Waals surface area contributed by atoms with Crippen LogP contribution in [0.2, 0.25) is 0 Å². The average molecular weight is 260 g/mol. The zero-order valence-electron chi connectivity index (χ0n) is 10.6. The SMILES string of the molecule is COC(=O)C(C)CN(C)C(=O)C1CSCCN1. The van der Waals surface area contributed by atoms with Gasteiger partial charge in [0.2, 0.25) is 5.91 Å². The lowest BCUT2D eigenvalue weighted by molar-refractivity contribution is -0.146. The second kappa shape index (κ2) is 6.86. The van der Waals surface area contributed by atoms with Crippen molar-refractivity contribution in [1.29, 1.82) is 0 Å². The fraction of sp³-hybridized carbons (Fsp3) is 0.818. The van der Waals surface area contributed by atoms with Crippen LogP contribution >= 0.6 is 11.8 Å². The number of likely N-dealkylation sites (N-methyl/N-ethyl adjacent to an activating group) is 1. The maximum atomic E-state index is 12.0. The Morgan fingerprint density at radius 1 is 1.59 bits per heavy atom. The number of esters is 1. The van der Waals surface area contributed by atoms with Crippen molar-refractivity contribution >= 4 is 23.6 Å². The normalized spacial score (nSPS) is 21.7. The fourth-order valence-electron chi connectivity index (χ4n) is 1.77. The minimum Gasteiger partial charge on any atom is -0.469 e. The highest BCUT2D eigenvalue weighted by molar-refractivity contribution is 7.99. The number of hydrogen-bond acceptors (Lipinski definition) is 5. The van der Waals surface area contributed by atoms with E-state index in [-0.39, 0.29) is 23.8 Å². The van der Waals surface area contributed by atoms with E-state index in [1.54, 1.807) is 30.6 Å². The number of nitrogens with zero attached hydrogens (tertiary/aromatic N) is 1. The number of hydrogen-bond donors (Lipinski definition) is 1. The molecule has 98 valence electrons. The van der Waals surface area contributed by atoms with Gasteiger partial charge in [-0.1, -0.05) is 6.92 Å².